The van der Waals surface area contributed by atoms with E-state index in [1.54, 1.807) is 0 Å². The fourth-order valence-corrected chi connectivity index (χ4v) is 4.70. The molecular weight excluding hydrogens is 455 g/mol. The molecule has 4 aromatic rings. The second-order valence-electron chi connectivity index (χ2n) is 6.58. The van der Waals surface area contributed by atoms with E-state index < -0.39 is 22.1 Å². The number of nitrogens with two attached hydrogens (primary N) is 1. The van der Waals surface area contributed by atoms with Gasteiger partial charge in [0.05, 0.1) is 26.3 Å². The molecule has 13 heteroatoms. The summed E-state index contributed by atoms with van der Waals surface area (Å²) < 4.78 is 68.5. The number of ether oxygens (including phenoxy) is 1. The van der Waals surface area contributed by atoms with Gasteiger partial charge in [-0.15, -0.1) is 13.2 Å². The minimum atomic E-state index is -4.97. The number of rotatable bonds is 5. The van der Waals surface area contributed by atoms with E-state index >= 15 is 0 Å². The highest BCUT2D eigenvalue weighted by molar-refractivity contribution is 7.89. The molecule has 8 nitrogen and oxygen atoms in total. The largest absolute Gasteiger partial charge is 0.573 e. The smallest absolute Gasteiger partial charge is 0.404 e. The van der Waals surface area contributed by atoms with Crippen molar-refractivity contribution in [2.45, 2.75) is 31.7 Å². The van der Waals surface area contributed by atoms with E-state index in [1.807, 2.05) is 30.5 Å². The number of hydrogen-bond acceptors (Lipinski definition) is 7. The second-order valence-corrected chi connectivity index (χ2v) is 9.17. The van der Waals surface area contributed by atoms with Crippen molar-refractivity contribution in [2.24, 2.45) is 5.14 Å². The van der Waals surface area contributed by atoms with Crippen molar-refractivity contribution in [1.82, 2.24) is 14.5 Å². The van der Waals surface area contributed by atoms with Gasteiger partial charge in [-0.1, -0.05) is 11.3 Å². The van der Waals surface area contributed by atoms with Crippen LogP contribution in [0.4, 0.5) is 24.0 Å². The van der Waals surface area contributed by atoms with Gasteiger partial charge in [0, 0.05) is 6.54 Å². The van der Waals surface area contributed by atoms with Crippen LogP contribution in [0.25, 0.3) is 21.3 Å². The van der Waals surface area contributed by atoms with Gasteiger partial charge in [0.15, 0.2) is 10.9 Å². The maximum absolute atomic E-state index is 12.8. The first-order valence-electron chi connectivity index (χ1n) is 8.92. The van der Waals surface area contributed by atoms with E-state index in [2.05, 4.69) is 20.0 Å². The zero-order valence-corrected chi connectivity index (χ0v) is 17.8. The van der Waals surface area contributed by atoms with E-state index in [0.717, 1.165) is 39.8 Å². The lowest BCUT2D eigenvalue weighted by molar-refractivity contribution is -0.274. The number of nitrogens with one attached hydrogen (secondary N) is 1. The fraction of sp³-hybridized carbons (Fsp3) is 0.222. The third kappa shape index (κ3) is 4.16. The number of primary sulfonamides is 1. The van der Waals surface area contributed by atoms with Gasteiger partial charge in [0.2, 0.25) is 10.0 Å². The number of nitrogens with zero attached hydrogens (tertiary/aromatic N) is 3. The Kier molecular flexibility index (Phi) is 5.06. The maximum Gasteiger partial charge on any atom is 0.573 e. The van der Waals surface area contributed by atoms with Crippen LogP contribution in [0.5, 0.6) is 5.75 Å². The quantitative estimate of drug-likeness (QED) is 0.450. The molecule has 164 valence electrons. The molecule has 0 fully saturated rings. The van der Waals surface area contributed by atoms with Gasteiger partial charge in [-0.3, -0.25) is 0 Å². The molecule has 2 aromatic carbocycles. The molecule has 0 bridgehead atoms. The highest BCUT2D eigenvalue weighted by Gasteiger charge is 2.32. The van der Waals surface area contributed by atoms with Crippen LogP contribution in [0.2, 0.25) is 0 Å². The molecule has 3 N–H and O–H groups in total. The number of alkyl halides is 3. The minimum Gasteiger partial charge on any atom is -0.404 e. The molecule has 4 rings (SSSR count). The predicted octanol–water partition coefficient (Wildman–Crippen LogP) is 4.26. The van der Waals surface area contributed by atoms with Crippen LogP contribution in [0, 0.1) is 6.92 Å². The number of sulfonamides is 1. The molecule has 2 aromatic heterocycles. The van der Waals surface area contributed by atoms with E-state index in [9.17, 15) is 21.6 Å². The monoisotopic (exact) mass is 471 g/mol. The summed E-state index contributed by atoms with van der Waals surface area (Å²) in [7, 11) is -4.14. The van der Waals surface area contributed by atoms with Crippen molar-refractivity contribution in [1.29, 1.82) is 0 Å². The standard InChI is InChI=1S/C18H16F3N5O3S2/c1-3-26-9(2)23-11-5-7-14-15(16(11)26)25-17(30-14)24-12-8-10(31(22,27)28)4-6-13(12)29-18(19,20)21/h4-8H,3H2,1-2H3,(H,24,25)(H2,22,27,28). The van der Waals surface area contributed by atoms with Crippen LogP contribution in [-0.2, 0) is 16.6 Å². The lowest BCUT2D eigenvalue weighted by Gasteiger charge is -2.14. The molecule has 0 aliphatic carbocycles. The fourth-order valence-electron chi connectivity index (χ4n) is 3.28. The third-order valence-corrected chi connectivity index (χ3v) is 6.37. The summed E-state index contributed by atoms with van der Waals surface area (Å²) in [5, 5.41) is 8.10. The molecule has 0 aliphatic rings. The summed E-state index contributed by atoms with van der Waals surface area (Å²) in [6, 6.07) is 6.46. The summed E-state index contributed by atoms with van der Waals surface area (Å²) in [5.74, 6) is 0.202. The van der Waals surface area contributed by atoms with Gasteiger partial charge in [0.25, 0.3) is 0 Å². The molecule has 31 heavy (non-hydrogen) atoms. The minimum absolute atomic E-state index is 0.237. The Morgan fingerprint density at radius 3 is 2.61 bits per heavy atom. The van der Waals surface area contributed by atoms with Gasteiger partial charge >= 0.3 is 6.36 Å². The summed E-state index contributed by atoms with van der Waals surface area (Å²) in [5.41, 5.74) is 1.96. The van der Waals surface area contributed by atoms with E-state index in [0.29, 0.717) is 12.1 Å². The van der Waals surface area contributed by atoms with Crippen LogP contribution in [-0.4, -0.2) is 29.3 Å². The van der Waals surface area contributed by atoms with Gasteiger partial charge in [-0.05, 0) is 44.2 Å². The molecule has 0 radical (unpaired) electrons. The molecule has 2 heterocycles. The molecule has 0 amide bonds. The van der Waals surface area contributed by atoms with Gasteiger partial charge in [-0.25, -0.2) is 23.5 Å². The first-order valence-corrected chi connectivity index (χ1v) is 11.3. The number of aromatic nitrogens is 3. The van der Waals surface area contributed by atoms with Crippen molar-refractivity contribution < 1.29 is 26.3 Å². The zero-order chi connectivity index (χ0) is 22.6. The number of anilines is 2. The van der Waals surface area contributed by atoms with Crippen molar-refractivity contribution >= 4 is 53.4 Å². The molecule has 0 spiro atoms. The Labute approximate surface area is 178 Å². The number of hydrogen-bond donors (Lipinski definition) is 2. The first kappa shape index (κ1) is 21.3. The SMILES string of the molecule is CCn1c(C)nc2ccc3sc(Nc4cc(S(N)(=O)=O)ccc4OC(F)(F)F)nc3c21. The molecule has 0 aliphatic heterocycles. The normalized spacial score (nSPS) is 12.6. The average molecular weight is 471 g/mol. The van der Waals surface area contributed by atoms with Crippen molar-refractivity contribution in [3.63, 3.8) is 0 Å². The molecule has 0 atom stereocenters. The number of imidazole rings is 1. The van der Waals surface area contributed by atoms with Crippen molar-refractivity contribution in [3.8, 4) is 5.75 Å². The van der Waals surface area contributed by atoms with Crippen LogP contribution in [0.15, 0.2) is 35.2 Å². The summed E-state index contributed by atoms with van der Waals surface area (Å²) in [6.07, 6.45) is -4.97. The summed E-state index contributed by atoms with van der Waals surface area (Å²) in [6.45, 7) is 4.51. The number of halogens is 3. The van der Waals surface area contributed by atoms with Crippen molar-refractivity contribution in [2.75, 3.05) is 5.32 Å². The Bertz CT molecular complexity index is 1410. The Balaban J connectivity index is 1.83. The molecule has 0 saturated heterocycles. The highest BCUT2D eigenvalue weighted by atomic mass is 32.2. The number of benzene rings is 2. The van der Waals surface area contributed by atoms with Gasteiger partial charge in [-0.2, -0.15) is 0 Å². The van der Waals surface area contributed by atoms with Crippen LogP contribution in [0.3, 0.4) is 0 Å². The Morgan fingerprint density at radius 2 is 1.97 bits per heavy atom. The third-order valence-electron chi connectivity index (χ3n) is 4.52. The maximum atomic E-state index is 12.8. The van der Waals surface area contributed by atoms with Crippen LogP contribution < -0.4 is 15.2 Å². The highest BCUT2D eigenvalue weighted by Crippen LogP contribution is 2.38. The lowest BCUT2D eigenvalue weighted by Crippen LogP contribution is -2.18. The van der Waals surface area contributed by atoms with Crippen LogP contribution >= 0.6 is 11.3 Å². The second kappa shape index (κ2) is 7.35. The Hall–Kier alpha value is -2.90. The van der Waals surface area contributed by atoms with Crippen molar-refractivity contribution in [3.05, 3.63) is 36.2 Å². The number of fused-ring (bicyclic) bond motifs is 3. The molecular formula is C18H16F3N5O3S2. The topological polar surface area (TPSA) is 112 Å². The summed E-state index contributed by atoms with van der Waals surface area (Å²) >= 11 is 1.19. The van der Waals surface area contributed by atoms with E-state index in [4.69, 9.17) is 5.14 Å². The van der Waals surface area contributed by atoms with E-state index in [1.165, 1.54) is 11.3 Å². The number of aryl methyl sites for hydroxylation is 2. The Morgan fingerprint density at radius 1 is 1.23 bits per heavy atom. The number of thiazole rings is 1. The molecule has 0 unspecified atom stereocenters. The zero-order valence-electron chi connectivity index (χ0n) is 16.2. The van der Waals surface area contributed by atoms with Crippen LogP contribution in [0.1, 0.15) is 12.7 Å². The first-order chi connectivity index (χ1) is 14.5. The van der Waals surface area contributed by atoms with E-state index in [-0.39, 0.29) is 15.7 Å². The average Bonchev–Trinajstić information content (AvgIpc) is 3.20. The van der Waals surface area contributed by atoms with Gasteiger partial charge in [0.1, 0.15) is 11.3 Å². The van der Waals surface area contributed by atoms with Gasteiger partial charge < -0.3 is 14.6 Å². The summed E-state index contributed by atoms with van der Waals surface area (Å²) in [4.78, 5) is 8.65. The molecule has 0 saturated carbocycles. The predicted molar refractivity (Wildman–Crippen MR) is 111 cm³/mol. The lowest BCUT2D eigenvalue weighted by atomic mass is 10.3.